The molecule has 0 radical (unpaired) electrons. The molecule has 2 aromatic heterocycles. The Balaban J connectivity index is 1.50. The Kier molecular flexibility index (Phi) is 3.70. The van der Waals surface area contributed by atoms with Crippen LogP contribution in [0.4, 0.5) is 4.39 Å². The quantitative estimate of drug-likeness (QED) is 0.649. The molecule has 27 heavy (non-hydrogen) atoms. The van der Waals surface area contributed by atoms with E-state index in [4.69, 9.17) is 4.42 Å². The third-order valence-electron chi connectivity index (χ3n) is 5.48. The van der Waals surface area contributed by atoms with Gasteiger partial charge in [-0.2, -0.15) is 4.39 Å². The highest BCUT2D eigenvalue weighted by Crippen LogP contribution is 2.46. The average Bonchev–Trinajstić information content (AvgIpc) is 3.35. The van der Waals surface area contributed by atoms with Gasteiger partial charge in [0.1, 0.15) is 5.76 Å². The maximum absolute atomic E-state index is 13.1. The van der Waals surface area contributed by atoms with E-state index < -0.39 is 21.0 Å². The fourth-order valence-corrected chi connectivity index (χ4v) is 6.40. The van der Waals surface area contributed by atoms with Gasteiger partial charge in [0, 0.05) is 30.8 Å². The van der Waals surface area contributed by atoms with Crippen molar-refractivity contribution in [3.05, 3.63) is 72.2 Å². The van der Waals surface area contributed by atoms with E-state index in [1.165, 1.54) is 12.3 Å². The SMILES string of the molecule is O=S1(=O)c2ccc(-c3ccc(F)nc3)cc2C2CN(Cc3ccco3)CC21. The normalized spacial score (nSPS) is 23.3. The summed E-state index contributed by atoms with van der Waals surface area (Å²) in [5.74, 6) is 0.235. The molecule has 5 nitrogen and oxygen atoms in total. The lowest BCUT2D eigenvalue weighted by atomic mass is 9.95. The number of benzene rings is 1. The summed E-state index contributed by atoms with van der Waals surface area (Å²) in [6.45, 7) is 1.77. The molecule has 0 bridgehead atoms. The number of fused-ring (bicyclic) bond motifs is 3. The zero-order chi connectivity index (χ0) is 18.6. The van der Waals surface area contributed by atoms with Gasteiger partial charge in [0.2, 0.25) is 5.95 Å². The number of hydrogen-bond donors (Lipinski definition) is 0. The maximum atomic E-state index is 13.1. The van der Waals surface area contributed by atoms with Crippen molar-refractivity contribution in [1.82, 2.24) is 9.88 Å². The molecule has 2 aliphatic rings. The van der Waals surface area contributed by atoms with Crippen LogP contribution in [-0.4, -0.2) is 36.6 Å². The van der Waals surface area contributed by atoms with Crippen LogP contribution in [0.3, 0.4) is 0 Å². The van der Waals surface area contributed by atoms with Crippen LogP contribution in [0.1, 0.15) is 17.2 Å². The third-order valence-corrected chi connectivity index (χ3v) is 7.74. The van der Waals surface area contributed by atoms with Crippen molar-refractivity contribution in [3.8, 4) is 11.1 Å². The zero-order valence-corrected chi connectivity index (χ0v) is 15.2. The average molecular weight is 384 g/mol. The first-order chi connectivity index (χ1) is 13.0. The standard InChI is InChI=1S/C20H17FN2O3S/c21-20-6-4-14(9-22-20)13-3-5-18-16(8-13)17-11-23(10-15-2-1-7-26-15)12-19(17)27(18,24)25/h1-9,17,19H,10-12H2. The Morgan fingerprint density at radius 2 is 2.00 bits per heavy atom. The van der Waals surface area contributed by atoms with E-state index in [-0.39, 0.29) is 5.92 Å². The van der Waals surface area contributed by atoms with E-state index in [0.717, 1.165) is 22.5 Å². The lowest BCUT2D eigenvalue weighted by Gasteiger charge is -2.16. The number of nitrogens with zero attached hydrogens (tertiary/aromatic N) is 2. The van der Waals surface area contributed by atoms with Crippen molar-refractivity contribution in [2.24, 2.45) is 0 Å². The number of rotatable bonds is 3. The Hall–Kier alpha value is -2.51. The van der Waals surface area contributed by atoms with Crippen LogP contribution < -0.4 is 0 Å². The van der Waals surface area contributed by atoms with Crippen LogP contribution in [0.15, 0.2) is 64.2 Å². The summed E-state index contributed by atoms with van der Waals surface area (Å²) in [6.07, 6.45) is 3.09. The molecule has 1 saturated heterocycles. The maximum Gasteiger partial charge on any atom is 0.212 e. The van der Waals surface area contributed by atoms with E-state index in [0.29, 0.717) is 24.5 Å². The van der Waals surface area contributed by atoms with Gasteiger partial charge in [-0.15, -0.1) is 0 Å². The van der Waals surface area contributed by atoms with Gasteiger partial charge in [-0.05, 0) is 47.5 Å². The van der Waals surface area contributed by atoms with Crippen LogP contribution in [0, 0.1) is 5.95 Å². The number of pyridine rings is 1. The first-order valence-corrected chi connectivity index (χ1v) is 10.3. The van der Waals surface area contributed by atoms with Gasteiger partial charge in [-0.1, -0.05) is 6.07 Å². The van der Waals surface area contributed by atoms with Gasteiger partial charge in [0.05, 0.1) is 23.0 Å². The second kappa shape index (κ2) is 6.00. The second-order valence-electron chi connectivity index (χ2n) is 7.09. The van der Waals surface area contributed by atoms with Crippen molar-refractivity contribution in [3.63, 3.8) is 0 Å². The fourth-order valence-electron chi connectivity index (χ4n) is 4.20. The van der Waals surface area contributed by atoms with Crippen LogP contribution in [-0.2, 0) is 16.4 Å². The van der Waals surface area contributed by atoms with Crippen LogP contribution in [0.5, 0.6) is 0 Å². The molecule has 2 atom stereocenters. The molecule has 1 aromatic carbocycles. The van der Waals surface area contributed by atoms with E-state index in [1.807, 2.05) is 18.2 Å². The van der Waals surface area contributed by atoms with Gasteiger partial charge < -0.3 is 4.42 Å². The number of sulfone groups is 1. The number of likely N-dealkylation sites (tertiary alicyclic amines) is 1. The van der Waals surface area contributed by atoms with Crippen molar-refractivity contribution in [2.45, 2.75) is 22.6 Å². The molecular weight excluding hydrogens is 367 g/mol. The molecule has 7 heteroatoms. The van der Waals surface area contributed by atoms with Crippen molar-refractivity contribution in [2.75, 3.05) is 13.1 Å². The molecule has 4 heterocycles. The van der Waals surface area contributed by atoms with E-state index >= 15 is 0 Å². The van der Waals surface area contributed by atoms with E-state index in [1.54, 1.807) is 24.5 Å². The minimum absolute atomic E-state index is 0.0617. The minimum atomic E-state index is -3.35. The fraction of sp³-hybridized carbons (Fsp3) is 0.250. The summed E-state index contributed by atoms with van der Waals surface area (Å²) >= 11 is 0. The van der Waals surface area contributed by atoms with Gasteiger partial charge >= 0.3 is 0 Å². The Morgan fingerprint density at radius 1 is 1.15 bits per heavy atom. The van der Waals surface area contributed by atoms with E-state index in [2.05, 4.69) is 9.88 Å². The van der Waals surface area contributed by atoms with Crippen molar-refractivity contribution in [1.29, 1.82) is 0 Å². The molecule has 1 fully saturated rings. The molecule has 138 valence electrons. The summed E-state index contributed by atoms with van der Waals surface area (Å²) in [5, 5.41) is -0.427. The molecule has 0 spiro atoms. The predicted molar refractivity (Wildman–Crippen MR) is 97.3 cm³/mol. The first kappa shape index (κ1) is 16.6. The smallest absolute Gasteiger partial charge is 0.212 e. The summed E-state index contributed by atoms with van der Waals surface area (Å²) < 4.78 is 44.5. The monoisotopic (exact) mass is 384 g/mol. The summed E-state index contributed by atoms with van der Waals surface area (Å²) in [6, 6.07) is 12.1. The van der Waals surface area contributed by atoms with Crippen molar-refractivity contribution >= 4 is 9.84 Å². The lowest BCUT2D eigenvalue weighted by Crippen LogP contribution is -2.25. The van der Waals surface area contributed by atoms with Gasteiger partial charge in [-0.3, -0.25) is 4.90 Å². The molecule has 5 rings (SSSR count). The highest BCUT2D eigenvalue weighted by molar-refractivity contribution is 7.92. The number of hydrogen-bond acceptors (Lipinski definition) is 5. The first-order valence-electron chi connectivity index (χ1n) is 8.77. The van der Waals surface area contributed by atoms with Crippen molar-refractivity contribution < 1.29 is 17.2 Å². The summed E-state index contributed by atoms with van der Waals surface area (Å²) in [4.78, 5) is 6.25. The predicted octanol–water partition coefficient (Wildman–Crippen LogP) is 3.24. The molecule has 0 saturated carbocycles. The second-order valence-corrected chi connectivity index (χ2v) is 9.22. The molecular formula is C20H17FN2O3S. The number of furan rings is 1. The molecule has 2 aliphatic heterocycles. The van der Waals surface area contributed by atoms with Crippen LogP contribution in [0.25, 0.3) is 11.1 Å². The number of aromatic nitrogens is 1. The minimum Gasteiger partial charge on any atom is -0.468 e. The van der Waals surface area contributed by atoms with Gasteiger partial charge in [0.25, 0.3) is 0 Å². The largest absolute Gasteiger partial charge is 0.468 e. The molecule has 3 aromatic rings. The zero-order valence-electron chi connectivity index (χ0n) is 14.4. The Morgan fingerprint density at radius 3 is 2.74 bits per heavy atom. The van der Waals surface area contributed by atoms with Crippen LogP contribution >= 0.6 is 0 Å². The molecule has 0 amide bonds. The molecule has 0 N–H and O–H groups in total. The summed E-state index contributed by atoms with van der Waals surface area (Å²) in [5.41, 5.74) is 2.47. The highest BCUT2D eigenvalue weighted by atomic mass is 32.2. The lowest BCUT2D eigenvalue weighted by molar-refractivity contribution is 0.293. The third kappa shape index (κ3) is 2.69. The Labute approximate surface area is 156 Å². The molecule has 2 unspecified atom stereocenters. The van der Waals surface area contributed by atoms with Gasteiger partial charge in [-0.25, -0.2) is 13.4 Å². The Bertz CT molecular complexity index is 1090. The summed E-state index contributed by atoms with van der Waals surface area (Å²) in [7, 11) is -3.35. The van der Waals surface area contributed by atoms with E-state index in [9.17, 15) is 12.8 Å². The highest BCUT2D eigenvalue weighted by Gasteiger charge is 2.50. The van der Waals surface area contributed by atoms with Gasteiger partial charge in [0.15, 0.2) is 9.84 Å². The molecule has 0 aliphatic carbocycles. The topological polar surface area (TPSA) is 63.4 Å². The number of halogens is 1. The van der Waals surface area contributed by atoms with Crippen LogP contribution in [0.2, 0.25) is 0 Å².